The van der Waals surface area contributed by atoms with E-state index in [4.69, 9.17) is 9.47 Å². The van der Waals surface area contributed by atoms with Crippen molar-refractivity contribution in [2.75, 3.05) is 19.0 Å². The van der Waals surface area contributed by atoms with Crippen molar-refractivity contribution in [3.05, 3.63) is 48.0 Å². The third kappa shape index (κ3) is 4.16. The van der Waals surface area contributed by atoms with Gasteiger partial charge in [-0.2, -0.15) is 4.98 Å². The minimum atomic E-state index is 0.149. The second-order valence-corrected chi connectivity index (χ2v) is 4.73. The Bertz CT molecular complexity index is 540. The molecule has 0 spiro atoms. The molecule has 0 fully saturated rings. The second-order valence-electron chi connectivity index (χ2n) is 4.73. The Hall–Kier alpha value is -2.23. The maximum absolute atomic E-state index is 5.73. The van der Waals surface area contributed by atoms with Crippen molar-refractivity contribution < 1.29 is 9.47 Å². The molecule has 2 rings (SSSR count). The maximum atomic E-state index is 5.73. The molecule has 0 aliphatic rings. The molecular formula is C16H20N2O2. The van der Waals surface area contributed by atoms with E-state index in [2.05, 4.69) is 24.1 Å². The average molecular weight is 272 g/mol. The van der Waals surface area contributed by atoms with E-state index in [1.165, 1.54) is 5.56 Å². The van der Waals surface area contributed by atoms with Gasteiger partial charge in [0.15, 0.2) is 0 Å². The molecule has 0 bridgehead atoms. The highest BCUT2D eigenvalue weighted by Crippen LogP contribution is 2.14. The molecule has 0 saturated heterocycles. The van der Waals surface area contributed by atoms with Gasteiger partial charge in [0, 0.05) is 6.07 Å². The van der Waals surface area contributed by atoms with Gasteiger partial charge in [0.25, 0.3) is 0 Å². The van der Waals surface area contributed by atoms with Crippen LogP contribution in [0.2, 0.25) is 0 Å². The van der Waals surface area contributed by atoms with Crippen molar-refractivity contribution in [1.82, 2.24) is 4.98 Å². The van der Waals surface area contributed by atoms with Gasteiger partial charge in [0.2, 0.25) is 5.88 Å². The number of hydrogen-bond donors (Lipinski definition) is 1. The molecule has 1 aromatic carbocycles. The van der Waals surface area contributed by atoms with Gasteiger partial charge in [-0.15, -0.1) is 0 Å². The van der Waals surface area contributed by atoms with Crippen molar-refractivity contribution >= 4 is 5.82 Å². The lowest BCUT2D eigenvalue weighted by Gasteiger charge is -2.16. The smallest absolute Gasteiger partial charge is 0.214 e. The van der Waals surface area contributed by atoms with Crippen molar-refractivity contribution in [2.24, 2.45) is 0 Å². The molecule has 106 valence electrons. The summed E-state index contributed by atoms with van der Waals surface area (Å²) in [6, 6.07) is 13.8. The van der Waals surface area contributed by atoms with E-state index in [9.17, 15) is 0 Å². The van der Waals surface area contributed by atoms with Crippen molar-refractivity contribution in [1.29, 1.82) is 0 Å². The fourth-order valence-corrected chi connectivity index (χ4v) is 1.76. The molecule has 1 heterocycles. The first-order valence-corrected chi connectivity index (χ1v) is 6.64. The van der Waals surface area contributed by atoms with E-state index in [-0.39, 0.29) is 6.04 Å². The lowest BCUT2D eigenvalue weighted by atomic mass is 10.2. The van der Waals surface area contributed by atoms with Crippen LogP contribution in [0.5, 0.6) is 11.6 Å². The predicted octanol–water partition coefficient (Wildman–Crippen LogP) is 3.28. The molecule has 20 heavy (non-hydrogen) atoms. The van der Waals surface area contributed by atoms with Crippen LogP contribution in [0.15, 0.2) is 42.5 Å². The molecule has 4 heteroatoms. The summed E-state index contributed by atoms with van der Waals surface area (Å²) in [5.41, 5.74) is 1.23. The molecule has 1 aromatic heterocycles. The normalized spacial score (nSPS) is 11.8. The van der Waals surface area contributed by atoms with Crippen LogP contribution >= 0.6 is 0 Å². The monoisotopic (exact) mass is 272 g/mol. The van der Waals surface area contributed by atoms with Gasteiger partial charge < -0.3 is 14.8 Å². The number of nitrogens with zero attached hydrogens (tertiary/aromatic N) is 1. The first-order chi connectivity index (χ1) is 9.67. The highest BCUT2D eigenvalue weighted by Gasteiger charge is 2.05. The van der Waals surface area contributed by atoms with Crippen LogP contribution in [0, 0.1) is 6.92 Å². The number of hydrogen-bond acceptors (Lipinski definition) is 4. The second kappa shape index (κ2) is 6.80. The Balaban J connectivity index is 1.85. The summed E-state index contributed by atoms with van der Waals surface area (Å²) in [5.74, 6) is 2.26. The Morgan fingerprint density at radius 2 is 1.90 bits per heavy atom. The largest absolute Gasteiger partial charge is 0.491 e. The number of aryl methyl sites for hydroxylation is 1. The third-order valence-electron chi connectivity index (χ3n) is 2.85. The number of methoxy groups -OCH3 is 1. The highest BCUT2D eigenvalue weighted by atomic mass is 16.5. The van der Waals surface area contributed by atoms with E-state index in [0.717, 1.165) is 11.6 Å². The number of pyridine rings is 1. The molecule has 0 amide bonds. The fraction of sp³-hybridized carbons (Fsp3) is 0.312. The molecule has 1 unspecified atom stereocenters. The van der Waals surface area contributed by atoms with Crippen LogP contribution in [0.4, 0.5) is 5.82 Å². The first kappa shape index (κ1) is 14.2. The zero-order valence-corrected chi connectivity index (χ0v) is 12.1. The zero-order valence-electron chi connectivity index (χ0n) is 12.1. The molecule has 0 aliphatic heterocycles. The van der Waals surface area contributed by atoms with E-state index in [0.29, 0.717) is 12.5 Å². The number of rotatable bonds is 6. The van der Waals surface area contributed by atoms with Gasteiger partial charge >= 0.3 is 0 Å². The number of benzene rings is 1. The van der Waals surface area contributed by atoms with E-state index in [1.807, 2.05) is 42.5 Å². The molecular weight excluding hydrogens is 252 g/mol. The first-order valence-electron chi connectivity index (χ1n) is 6.64. The van der Waals surface area contributed by atoms with Crippen LogP contribution in [0.25, 0.3) is 0 Å². The van der Waals surface area contributed by atoms with Crippen LogP contribution in [0.3, 0.4) is 0 Å². The summed E-state index contributed by atoms with van der Waals surface area (Å²) in [6.45, 7) is 4.68. The Labute approximate surface area is 119 Å². The summed E-state index contributed by atoms with van der Waals surface area (Å²) in [6.07, 6.45) is 0. The summed E-state index contributed by atoms with van der Waals surface area (Å²) < 4.78 is 10.8. The number of aromatic nitrogens is 1. The summed E-state index contributed by atoms with van der Waals surface area (Å²) >= 11 is 0. The molecule has 4 nitrogen and oxygen atoms in total. The van der Waals surface area contributed by atoms with Gasteiger partial charge in [0.05, 0.1) is 13.2 Å². The SMILES string of the molecule is COc1cccc(NC(C)COc2ccc(C)cc2)n1. The standard InChI is InChI=1S/C16H20N2O2/c1-12-7-9-14(10-8-12)20-11-13(2)17-15-5-4-6-16(18-15)19-3/h4-10,13H,11H2,1-3H3,(H,17,18). The summed E-state index contributed by atoms with van der Waals surface area (Å²) in [4.78, 5) is 4.31. The van der Waals surface area contributed by atoms with Crippen molar-refractivity contribution in [2.45, 2.75) is 19.9 Å². The lowest BCUT2D eigenvalue weighted by Crippen LogP contribution is -2.24. The van der Waals surface area contributed by atoms with E-state index in [1.54, 1.807) is 7.11 Å². The number of ether oxygens (including phenoxy) is 2. The molecule has 0 radical (unpaired) electrons. The van der Waals surface area contributed by atoms with Crippen LogP contribution < -0.4 is 14.8 Å². The minimum Gasteiger partial charge on any atom is -0.491 e. The molecule has 1 N–H and O–H groups in total. The van der Waals surface area contributed by atoms with Gasteiger partial charge in [-0.1, -0.05) is 23.8 Å². The van der Waals surface area contributed by atoms with Crippen LogP contribution in [-0.2, 0) is 0 Å². The Kier molecular flexibility index (Phi) is 4.82. The maximum Gasteiger partial charge on any atom is 0.214 e. The van der Waals surface area contributed by atoms with Gasteiger partial charge in [-0.3, -0.25) is 0 Å². The van der Waals surface area contributed by atoms with Crippen molar-refractivity contribution in [3.63, 3.8) is 0 Å². The number of anilines is 1. The molecule has 0 aliphatic carbocycles. The quantitative estimate of drug-likeness (QED) is 0.876. The zero-order chi connectivity index (χ0) is 14.4. The lowest BCUT2D eigenvalue weighted by molar-refractivity contribution is 0.303. The Morgan fingerprint density at radius 1 is 1.15 bits per heavy atom. The summed E-state index contributed by atoms with van der Waals surface area (Å²) in [7, 11) is 1.61. The predicted molar refractivity (Wildman–Crippen MR) is 80.5 cm³/mol. The fourth-order valence-electron chi connectivity index (χ4n) is 1.76. The van der Waals surface area contributed by atoms with Crippen LogP contribution in [-0.4, -0.2) is 24.7 Å². The average Bonchev–Trinajstić information content (AvgIpc) is 2.47. The van der Waals surface area contributed by atoms with Gasteiger partial charge in [-0.05, 0) is 32.0 Å². The number of nitrogens with one attached hydrogen (secondary N) is 1. The van der Waals surface area contributed by atoms with Gasteiger partial charge in [-0.25, -0.2) is 0 Å². The van der Waals surface area contributed by atoms with Gasteiger partial charge in [0.1, 0.15) is 18.2 Å². The Morgan fingerprint density at radius 3 is 2.60 bits per heavy atom. The van der Waals surface area contributed by atoms with Crippen LogP contribution in [0.1, 0.15) is 12.5 Å². The topological polar surface area (TPSA) is 43.4 Å². The highest BCUT2D eigenvalue weighted by molar-refractivity contribution is 5.38. The summed E-state index contributed by atoms with van der Waals surface area (Å²) in [5, 5.41) is 3.28. The third-order valence-corrected chi connectivity index (χ3v) is 2.85. The van der Waals surface area contributed by atoms with Crippen molar-refractivity contribution in [3.8, 4) is 11.6 Å². The molecule has 0 saturated carbocycles. The molecule has 2 aromatic rings. The molecule has 1 atom stereocenters. The van der Waals surface area contributed by atoms with E-state index >= 15 is 0 Å². The van der Waals surface area contributed by atoms with E-state index < -0.39 is 0 Å². The minimum absolute atomic E-state index is 0.149.